The number of halogens is 2. The molecule has 0 aliphatic heterocycles. The van der Waals surface area contributed by atoms with E-state index >= 15 is 0 Å². The van der Waals surface area contributed by atoms with Gasteiger partial charge >= 0.3 is 0 Å². The fourth-order valence-corrected chi connectivity index (χ4v) is 1.32. The molecule has 0 aliphatic rings. The third-order valence-corrected chi connectivity index (χ3v) is 3.32. The summed E-state index contributed by atoms with van der Waals surface area (Å²) in [6.45, 7) is 7.10. The van der Waals surface area contributed by atoms with Gasteiger partial charge in [-0.3, -0.25) is 4.99 Å². The lowest BCUT2D eigenvalue weighted by Crippen LogP contribution is -2.38. The van der Waals surface area contributed by atoms with E-state index in [1.165, 1.54) is 6.08 Å². The smallest absolute Gasteiger partial charge is 0.125 e. The molecule has 0 aromatic carbocycles. The van der Waals surface area contributed by atoms with Gasteiger partial charge in [0, 0.05) is 13.5 Å². The number of aliphatic hydroxyl groups excluding tert-OH is 1. The first-order valence-electron chi connectivity index (χ1n) is 5.60. The predicted molar refractivity (Wildman–Crippen MR) is 83.7 cm³/mol. The predicted octanol–water partition coefficient (Wildman–Crippen LogP) is 3.12. The molecular weight excluding hydrogens is 346 g/mol. The van der Waals surface area contributed by atoms with Gasteiger partial charge in [0.25, 0.3) is 0 Å². The summed E-state index contributed by atoms with van der Waals surface area (Å²) in [4.78, 5) is 4.11. The Morgan fingerprint density at radius 3 is 2.61 bits per heavy atom. The largest absolute Gasteiger partial charge is 0.381 e. The van der Waals surface area contributed by atoms with Crippen molar-refractivity contribution in [2.75, 3.05) is 7.05 Å². The SMILES string of the molecule is C=C/C(F)=C\C=C(/C)C/C(=N/C)N[C@@H](C)C(O)I. The molecular formula is C13H20FIN2O. The van der Waals surface area contributed by atoms with Crippen molar-refractivity contribution in [3.63, 3.8) is 0 Å². The summed E-state index contributed by atoms with van der Waals surface area (Å²) >= 11 is 1.94. The highest BCUT2D eigenvalue weighted by Gasteiger charge is 2.11. The number of allylic oxidation sites excluding steroid dienone is 4. The highest BCUT2D eigenvalue weighted by molar-refractivity contribution is 14.1. The number of nitrogens with zero attached hydrogens (tertiary/aromatic N) is 1. The summed E-state index contributed by atoms with van der Waals surface area (Å²) in [5, 5.41) is 12.5. The molecule has 0 radical (unpaired) electrons. The molecule has 102 valence electrons. The minimum absolute atomic E-state index is 0.0856. The molecule has 2 atom stereocenters. The zero-order chi connectivity index (χ0) is 14.1. The molecule has 0 fully saturated rings. The molecule has 0 bridgehead atoms. The van der Waals surface area contributed by atoms with Gasteiger partial charge in [0.1, 0.15) is 15.8 Å². The third-order valence-electron chi connectivity index (χ3n) is 2.25. The molecule has 0 aromatic heterocycles. The molecule has 0 aliphatic carbocycles. The maximum Gasteiger partial charge on any atom is 0.125 e. The second-order valence-corrected chi connectivity index (χ2v) is 5.20. The van der Waals surface area contributed by atoms with Gasteiger partial charge < -0.3 is 10.4 Å². The summed E-state index contributed by atoms with van der Waals surface area (Å²) in [7, 11) is 1.68. The van der Waals surface area contributed by atoms with E-state index in [1.807, 2.05) is 36.4 Å². The number of aliphatic hydroxyl groups is 1. The van der Waals surface area contributed by atoms with E-state index in [2.05, 4.69) is 16.9 Å². The maximum atomic E-state index is 12.8. The van der Waals surface area contributed by atoms with Crippen LogP contribution < -0.4 is 5.32 Å². The first kappa shape index (κ1) is 17.3. The van der Waals surface area contributed by atoms with Crippen LogP contribution in [0.1, 0.15) is 20.3 Å². The van der Waals surface area contributed by atoms with Crippen molar-refractivity contribution >= 4 is 28.4 Å². The molecule has 18 heavy (non-hydrogen) atoms. The zero-order valence-electron chi connectivity index (χ0n) is 11.0. The molecule has 0 rings (SSSR count). The lowest BCUT2D eigenvalue weighted by molar-refractivity contribution is 0.244. The van der Waals surface area contributed by atoms with Gasteiger partial charge in [0.05, 0.1) is 6.04 Å². The van der Waals surface area contributed by atoms with Crippen molar-refractivity contribution in [3.05, 3.63) is 36.2 Å². The van der Waals surface area contributed by atoms with Crippen molar-refractivity contribution in [2.24, 2.45) is 4.99 Å². The minimum atomic E-state index is -0.484. The molecule has 0 heterocycles. The number of aliphatic imine (C=N–C) groups is 1. The number of hydrogen-bond acceptors (Lipinski definition) is 2. The van der Waals surface area contributed by atoms with E-state index in [0.717, 1.165) is 17.5 Å². The lowest BCUT2D eigenvalue weighted by Gasteiger charge is -2.18. The average molecular weight is 366 g/mol. The summed E-state index contributed by atoms with van der Waals surface area (Å²) in [6, 6.07) is -0.0856. The Morgan fingerprint density at radius 1 is 1.56 bits per heavy atom. The first-order valence-corrected chi connectivity index (χ1v) is 6.85. The third kappa shape index (κ3) is 7.60. The Hall–Kier alpha value is -0.690. The standard InChI is InChI=1S/C13H20FIN2O/c1-5-11(14)7-6-9(2)8-12(16-4)17-10(3)13(15)18/h5-7,10,13,18H,1,8H2,2-4H3,(H,16,17)/b9-6+,11-7+/t10-,13?/m0/s1. The number of nitrogens with one attached hydrogen (secondary N) is 1. The van der Waals surface area contributed by atoms with Crippen molar-refractivity contribution in [1.82, 2.24) is 5.32 Å². The Kier molecular flexibility index (Phi) is 8.91. The fraction of sp³-hybridized carbons (Fsp3) is 0.462. The van der Waals surface area contributed by atoms with E-state index in [4.69, 9.17) is 0 Å². The normalized spacial score (nSPS) is 17.3. The van der Waals surface area contributed by atoms with Crippen molar-refractivity contribution < 1.29 is 9.50 Å². The van der Waals surface area contributed by atoms with Crippen LogP contribution in [0.25, 0.3) is 0 Å². The number of hydrogen-bond donors (Lipinski definition) is 2. The van der Waals surface area contributed by atoms with Crippen LogP contribution in [0.2, 0.25) is 0 Å². The summed E-state index contributed by atoms with van der Waals surface area (Å²) in [5.41, 5.74) is 0.968. The topological polar surface area (TPSA) is 44.6 Å². The van der Waals surface area contributed by atoms with E-state index in [1.54, 1.807) is 13.1 Å². The Labute approximate surface area is 122 Å². The van der Waals surface area contributed by atoms with Crippen LogP contribution >= 0.6 is 22.6 Å². The Morgan fingerprint density at radius 2 is 2.17 bits per heavy atom. The van der Waals surface area contributed by atoms with Crippen LogP contribution in [0.4, 0.5) is 4.39 Å². The number of alkyl halides is 1. The molecule has 1 unspecified atom stereocenters. The molecule has 0 saturated heterocycles. The minimum Gasteiger partial charge on any atom is -0.381 e. The summed E-state index contributed by atoms with van der Waals surface area (Å²) in [6.07, 6.45) is 4.80. The van der Waals surface area contributed by atoms with Gasteiger partial charge in [0.2, 0.25) is 0 Å². The van der Waals surface area contributed by atoms with E-state index in [9.17, 15) is 9.50 Å². The molecule has 0 amide bonds. The monoisotopic (exact) mass is 366 g/mol. The van der Waals surface area contributed by atoms with E-state index in [-0.39, 0.29) is 11.9 Å². The quantitative estimate of drug-likeness (QED) is 0.249. The molecule has 0 aromatic rings. The van der Waals surface area contributed by atoms with E-state index < -0.39 is 4.11 Å². The van der Waals surface area contributed by atoms with Gasteiger partial charge in [0.15, 0.2) is 0 Å². The van der Waals surface area contributed by atoms with Gasteiger partial charge in [-0.15, -0.1) is 0 Å². The van der Waals surface area contributed by atoms with Crippen LogP contribution in [-0.4, -0.2) is 28.1 Å². The second-order valence-electron chi connectivity index (χ2n) is 3.92. The van der Waals surface area contributed by atoms with Crippen molar-refractivity contribution in [3.8, 4) is 0 Å². The van der Waals surface area contributed by atoms with Crippen molar-refractivity contribution in [2.45, 2.75) is 30.4 Å². The van der Waals surface area contributed by atoms with Crippen LogP contribution in [-0.2, 0) is 0 Å². The van der Waals surface area contributed by atoms with Crippen LogP contribution in [0, 0.1) is 0 Å². The van der Waals surface area contributed by atoms with E-state index in [0.29, 0.717) is 6.42 Å². The molecule has 5 heteroatoms. The number of rotatable bonds is 6. The lowest BCUT2D eigenvalue weighted by atomic mass is 10.1. The molecule has 0 spiro atoms. The average Bonchev–Trinajstić information content (AvgIpc) is 2.34. The first-order chi connectivity index (χ1) is 8.40. The highest BCUT2D eigenvalue weighted by atomic mass is 127. The number of amidine groups is 1. The van der Waals surface area contributed by atoms with Gasteiger partial charge in [-0.25, -0.2) is 4.39 Å². The Balaban J connectivity index is 4.51. The molecule has 0 saturated carbocycles. The van der Waals surface area contributed by atoms with Crippen LogP contribution in [0.3, 0.4) is 0 Å². The second kappa shape index (κ2) is 9.27. The van der Waals surface area contributed by atoms with Gasteiger partial charge in [-0.05, 0) is 48.6 Å². The Bertz CT molecular complexity index is 362. The zero-order valence-corrected chi connectivity index (χ0v) is 13.1. The van der Waals surface area contributed by atoms with Crippen LogP contribution in [0.5, 0.6) is 0 Å². The maximum absolute atomic E-state index is 12.8. The highest BCUT2D eigenvalue weighted by Crippen LogP contribution is 2.07. The molecule has 3 nitrogen and oxygen atoms in total. The fourth-order valence-electron chi connectivity index (χ4n) is 1.14. The molecule has 2 N–H and O–H groups in total. The summed E-state index contributed by atoms with van der Waals surface area (Å²) < 4.78 is 12.4. The van der Waals surface area contributed by atoms with Crippen molar-refractivity contribution in [1.29, 1.82) is 0 Å². The van der Waals surface area contributed by atoms with Gasteiger partial charge in [-0.2, -0.15) is 0 Å². The van der Waals surface area contributed by atoms with Crippen LogP contribution in [0.15, 0.2) is 41.2 Å². The van der Waals surface area contributed by atoms with Gasteiger partial charge in [-0.1, -0.05) is 18.2 Å². The summed E-state index contributed by atoms with van der Waals surface area (Å²) in [5.74, 6) is 0.396.